The summed E-state index contributed by atoms with van der Waals surface area (Å²) in [5.41, 5.74) is 1.06. The Balaban J connectivity index is 2.74. The fraction of sp³-hybridized carbons (Fsp3) is 0.0909. The highest BCUT2D eigenvalue weighted by atomic mass is 16.4. The zero-order chi connectivity index (χ0) is 9.26. The predicted octanol–water partition coefficient (Wildman–Crippen LogP) is 2.61. The minimum Gasteiger partial charge on any atom is -0.568 e. The third-order valence-electron chi connectivity index (χ3n) is 2.17. The van der Waals surface area contributed by atoms with Gasteiger partial charge in [0, 0.05) is 0 Å². The highest BCUT2D eigenvalue weighted by Gasteiger charge is 1.99. The monoisotopic (exact) mass is 168 g/mol. The molecule has 0 amide bonds. The van der Waals surface area contributed by atoms with E-state index in [-0.39, 0.29) is 0 Å². The normalized spacial score (nSPS) is 10.2. The highest BCUT2D eigenvalue weighted by molar-refractivity contribution is 6.00. The van der Waals surface area contributed by atoms with E-state index >= 15 is 0 Å². The number of hydrogen-bond donors (Lipinski definition) is 0. The van der Waals surface area contributed by atoms with Crippen molar-refractivity contribution in [2.24, 2.45) is 0 Å². The minimum absolute atomic E-state index is 0.735. The molecule has 0 spiro atoms. The summed E-state index contributed by atoms with van der Waals surface area (Å²) in [6, 6.07) is 12.1. The number of hydrogen-bond acceptors (Lipinski definition) is 1. The number of aryl methyl sites for hydroxylation is 1. The van der Waals surface area contributed by atoms with E-state index in [1.54, 1.807) is 0 Å². The van der Waals surface area contributed by atoms with Crippen molar-refractivity contribution in [3.05, 3.63) is 42.0 Å². The second kappa shape index (κ2) is 3.13. The average Bonchev–Trinajstić information content (AvgIpc) is 2.17. The van der Waals surface area contributed by atoms with E-state index in [1.165, 1.54) is 5.39 Å². The lowest BCUT2D eigenvalue weighted by Crippen LogP contribution is -1.88. The van der Waals surface area contributed by atoms with Gasteiger partial charge in [-0.2, -0.15) is 0 Å². The van der Waals surface area contributed by atoms with Crippen LogP contribution in [0.25, 0.3) is 10.8 Å². The topological polar surface area (TPSA) is 9.23 Å². The van der Waals surface area contributed by atoms with Crippen molar-refractivity contribution in [2.45, 2.75) is 6.92 Å². The Kier molecular flexibility index (Phi) is 1.97. The van der Waals surface area contributed by atoms with Gasteiger partial charge >= 0.3 is 8.05 Å². The molecule has 13 heavy (non-hydrogen) atoms. The summed E-state index contributed by atoms with van der Waals surface area (Å²) >= 11 is 0. The van der Waals surface area contributed by atoms with Crippen LogP contribution in [0.2, 0.25) is 0 Å². The van der Waals surface area contributed by atoms with E-state index in [1.807, 2.05) is 31.2 Å². The van der Waals surface area contributed by atoms with Crippen LogP contribution in [-0.4, -0.2) is 8.05 Å². The quantitative estimate of drug-likeness (QED) is 0.594. The SMILES string of the molecule is [B]Oc1cc2ccccc2cc1C. The van der Waals surface area contributed by atoms with Gasteiger partial charge in [-0.15, -0.1) is 0 Å². The van der Waals surface area contributed by atoms with Crippen LogP contribution in [0.5, 0.6) is 5.75 Å². The van der Waals surface area contributed by atoms with Crippen molar-refractivity contribution >= 4 is 18.8 Å². The molecule has 0 aromatic heterocycles. The maximum absolute atomic E-state index is 5.14. The highest BCUT2D eigenvalue weighted by Crippen LogP contribution is 2.24. The van der Waals surface area contributed by atoms with Crippen molar-refractivity contribution in [3.63, 3.8) is 0 Å². The van der Waals surface area contributed by atoms with Crippen LogP contribution in [0, 0.1) is 6.92 Å². The third-order valence-corrected chi connectivity index (χ3v) is 2.17. The Morgan fingerprint density at radius 3 is 2.31 bits per heavy atom. The van der Waals surface area contributed by atoms with Gasteiger partial charge in [0.25, 0.3) is 0 Å². The Bertz CT molecular complexity index is 437. The molecular weight excluding hydrogens is 159 g/mol. The van der Waals surface area contributed by atoms with Gasteiger partial charge in [-0.25, -0.2) is 0 Å². The van der Waals surface area contributed by atoms with Crippen LogP contribution in [0.4, 0.5) is 0 Å². The molecule has 0 fully saturated rings. The van der Waals surface area contributed by atoms with Crippen LogP contribution in [0.3, 0.4) is 0 Å². The zero-order valence-corrected chi connectivity index (χ0v) is 7.45. The lowest BCUT2D eigenvalue weighted by molar-refractivity contribution is 0.612. The van der Waals surface area contributed by atoms with Crippen LogP contribution in [0.15, 0.2) is 36.4 Å². The van der Waals surface area contributed by atoms with E-state index < -0.39 is 0 Å². The van der Waals surface area contributed by atoms with Gasteiger partial charge in [0.05, 0.1) is 0 Å². The molecule has 0 unspecified atom stereocenters. The van der Waals surface area contributed by atoms with Gasteiger partial charge in [0.2, 0.25) is 0 Å². The Morgan fingerprint density at radius 1 is 1.08 bits per heavy atom. The van der Waals surface area contributed by atoms with Crippen molar-refractivity contribution in [1.29, 1.82) is 0 Å². The molecule has 62 valence electrons. The summed E-state index contributed by atoms with van der Waals surface area (Å²) in [6.45, 7) is 1.98. The van der Waals surface area contributed by atoms with Gasteiger partial charge < -0.3 is 4.65 Å². The first-order valence-electron chi connectivity index (χ1n) is 4.17. The summed E-state index contributed by atoms with van der Waals surface area (Å²) in [6.07, 6.45) is 0. The molecule has 0 bridgehead atoms. The summed E-state index contributed by atoms with van der Waals surface area (Å²) in [5.74, 6) is 0.735. The molecule has 0 saturated carbocycles. The Hall–Kier alpha value is -1.44. The van der Waals surface area contributed by atoms with Crippen LogP contribution < -0.4 is 4.65 Å². The third kappa shape index (κ3) is 1.40. The van der Waals surface area contributed by atoms with Gasteiger partial charge in [-0.3, -0.25) is 0 Å². The smallest absolute Gasteiger partial charge is 0.374 e. The standard InChI is InChI=1S/C11H9BO/c1-8-6-9-4-2-3-5-10(9)7-11(8)13-12/h2-7H,1H3. The van der Waals surface area contributed by atoms with Crippen LogP contribution >= 0.6 is 0 Å². The Labute approximate surface area is 78.8 Å². The van der Waals surface area contributed by atoms with Gasteiger partial charge in [-0.1, -0.05) is 24.3 Å². The molecule has 0 N–H and O–H groups in total. The average molecular weight is 168 g/mol. The van der Waals surface area contributed by atoms with Gasteiger partial charge in [-0.05, 0) is 35.4 Å². The van der Waals surface area contributed by atoms with Gasteiger partial charge in [0.15, 0.2) is 0 Å². The predicted molar refractivity (Wildman–Crippen MR) is 55.1 cm³/mol. The van der Waals surface area contributed by atoms with E-state index in [0.717, 1.165) is 16.7 Å². The van der Waals surface area contributed by atoms with Crippen molar-refractivity contribution in [2.75, 3.05) is 0 Å². The summed E-state index contributed by atoms with van der Waals surface area (Å²) < 4.78 is 4.75. The van der Waals surface area contributed by atoms with E-state index in [9.17, 15) is 0 Å². The molecule has 0 heterocycles. The fourth-order valence-corrected chi connectivity index (χ4v) is 1.46. The van der Waals surface area contributed by atoms with Crippen LogP contribution in [-0.2, 0) is 0 Å². The zero-order valence-electron chi connectivity index (χ0n) is 7.45. The molecule has 2 rings (SSSR count). The van der Waals surface area contributed by atoms with Crippen molar-refractivity contribution < 1.29 is 4.65 Å². The number of benzene rings is 2. The van der Waals surface area contributed by atoms with E-state index in [2.05, 4.69) is 12.1 Å². The first-order valence-corrected chi connectivity index (χ1v) is 4.17. The molecule has 2 aromatic carbocycles. The largest absolute Gasteiger partial charge is 0.568 e. The second-order valence-electron chi connectivity index (χ2n) is 3.08. The maximum Gasteiger partial charge on any atom is 0.374 e. The molecule has 2 heteroatoms. The molecule has 0 aliphatic heterocycles. The molecule has 0 saturated heterocycles. The molecule has 0 atom stereocenters. The summed E-state index contributed by atoms with van der Waals surface area (Å²) in [4.78, 5) is 0. The van der Waals surface area contributed by atoms with Gasteiger partial charge in [0.1, 0.15) is 5.75 Å². The summed E-state index contributed by atoms with van der Waals surface area (Å²) in [7, 11) is 5.14. The molecule has 2 radical (unpaired) electrons. The van der Waals surface area contributed by atoms with E-state index in [4.69, 9.17) is 12.7 Å². The Morgan fingerprint density at radius 2 is 1.69 bits per heavy atom. The van der Waals surface area contributed by atoms with Crippen molar-refractivity contribution in [3.8, 4) is 5.75 Å². The molecule has 2 aromatic rings. The number of rotatable bonds is 1. The minimum atomic E-state index is 0.735. The lowest BCUT2D eigenvalue weighted by atomic mass is 10.1. The lowest BCUT2D eigenvalue weighted by Gasteiger charge is -2.06. The molecule has 0 aliphatic rings. The first kappa shape index (κ1) is 8.18. The van der Waals surface area contributed by atoms with E-state index in [0.29, 0.717) is 0 Å². The fourth-order valence-electron chi connectivity index (χ4n) is 1.46. The number of fused-ring (bicyclic) bond motifs is 1. The second-order valence-corrected chi connectivity index (χ2v) is 3.08. The summed E-state index contributed by atoms with van der Waals surface area (Å²) in [5, 5.41) is 2.36. The van der Waals surface area contributed by atoms with Crippen LogP contribution in [0.1, 0.15) is 5.56 Å². The van der Waals surface area contributed by atoms with Crippen molar-refractivity contribution in [1.82, 2.24) is 0 Å². The maximum atomic E-state index is 5.14. The first-order chi connectivity index (χ1) is 6.31. The molecular formula is C11H9BO. The molecule has 0 aliphatic carbocycles. The molecule has 1 nitrogen and oxygen atoms in total.